The van der Waals surface area contributed by atoms with Gasteiger partial charge in [-0.2, -0.15) is 4.31 Å². The molecule has 0 saturated heterocycles. The van der Waals surface area contributed by atoms with Crippen molar-refractivity contribution in [2.45, 2.75) is 23.5 Å². The molecule has 0 amide bonds. The Morgan fingerprint density at radius 2 is 1.79 bits per heavy atom. The minimum absolute atomic E-state index is 0.0258. The second kappa shape index (κ2) is 8.05. The van der Waals surface area contributed by atoms with Crippen molar-refractivity contribution in [1.29, 1.82) is 0 Å². The van der Waals surface area contributed by atoms with Crippen LogP contribution in [0.2, 0.25) is 0 Å². The van der Waals surface area contributed by atoms with Crippen LogP contribution in [-0.4, -0.2) is 41.4 Å². The van der Waals surface area contributed by atoms with Gasteiger partial charge in [0.05, 0.1) is 17.1 Å². The Labute approximate surface area is 163 Å². The van der Waals surface area contributed by atoms with Crippen LogP contribution in [0.3, 0.4) is 0 Å². The van der Waals surface area contributed by atoms with Crippen molar-refractivity contribution in [3.05, 3.63) is 94.6 Å². The molecule has 1 aliphatic rings. The monoisotopic (exact) mass is 400 g/mol. The van der Waals surface area contributed by atoms with Crippen LogP contribution in [0.25, 0.3) is 0 Å². The number of nitro groups is 1. The maximum atomic E-state index is 13.4. The van der Waals surface area contributed by atoms with Gasteiger partial charge in [0.15, 0.2) is 4.90 Å². The summed E-state index contributed by atoms with van der Waals surface area (Å²) in [6.07, 6.45) is 2.26. The summed E-state index contributed by atoms with van der Waals surface area (Å²) < 4.78 is 27.8. The van der Waals surface area contributed by atoms with Gasteiger partial charge in [-0.3, -0.25) is 10.1 Å². The summed E-state index contributed by atoms with van der Waals surface area (Å²) in [5, 5.41) is 22.1. The zero-order valence-corrected chi connectivity index (χ0v) is 15.8. The molecule has 8 heteroatoms. The lowest BCUT2D eigenvalue weighted by atomic mass is 9.97. The van der Waals surface area contributed by atoms with Crippen molar-refractivity contribution in [1.82, 2.24) is 4.31 Å². The SMILES string of the molecule is C=C1C=CCN(S(=O)(=O)c2ccccc2[N+](=O)[O-])[C@H](Cc2ccccc2)[C@H]1O. The maximum Gasteiger partial charge on any atom is 0.289 e. The van der Waals surface area contributed by atoms with Crippen LogP contribution < -0.4 is 0 Å². The quantitative estimate of drug-likeness (QED) is 0.614. The van der Waals surface area contributed by atoms with Crippen LogP contribution in [0.1, 0.15) is 5.56 Å². The Bertz CT molecular complexity index is 1020. The minimum atomic E-state index is -4.25. The topological polar surface area (TPSA) is 101 Å². The molecule has 0 fully saturated rings. The van der Waals surface area contributed by atoms with E-state index in [4.69, 9.17) is 0 Å². The molecular formula is C20H20N2O5S. The van der Waals surface area contributed by atoms with E-state index in [2.05, 4.69) is 6.58 Å². The predicted octanol–water partition coefficient (Wildman–Crippen LogP) is 2.68. The molecule has 3 rings (SSSR count). The third kappa shape index (κ3) is 3.89. The first kappa shape index (κ1) is 19.9. The first-order valence-corrected chi connectivity index (χ1v) is 10.1. The first-order valence-electron chi connectivity index (χ1n) is 8.65. The van der Waals surface area contributed by atoms with Crippen molar-refractivity contribution < 1.29 is 18.4 Å². The summed E-state index contributed by atoms with van der Waals surface area (Å²) in [4.78, 5) is 10.2. The number of hydrogen-bond acceptors (Lipinski definition) is 5. The van der Waals surface area contributed by atoms with Gasteiger partial charge in [-0.15, -0.1) is 0 Å². The van der Waals surface area contributed by atoms with Crippen LogP contribution in [-0.2, 0) is 16.4 Å². The summed E-state index contributed by atoms with van der Waals surface area (Å²) in [5.41, 5.74) is 0.729. The van der Waals surface area contributed by atoms with Gasteiger partial charge in [-0.05, 0) is 23.6 Å². The number of para-hydroxylation sites is 1. The van der Waals surface area contributed by atoms with E-state index in [0.717, 1.165) is 15.9 Å². The van der Waals surface area contributed by atoms with E-state index in [0.29, 0.717) is 5.57 Å². The standard InChI is InChI=1S/C20H20N2O5S/c1-15-8-7-13-21(18(20(15)23)14-16-9-3-2-4-10-16)28(26,27)19-12-6-5-11-17(19)22(24)25/h2-12,18,20,23H,1,13-14H2/t18-,20+/m1/s1. The molecule has 0 spiro atoms. The number of sulfonamides is 1. The van der Waals surface area contributed by atoms with Crippen molar-refractivity contribution in [3.8, 4) is 0 Å². The minimum Gasteiger partial charge on any atom is -0.387 e. The second-order valence-corrected chi connectivity index (χ2v) is 8.34. The summed E-state index contributed by atoms with van der Waals surface area (Å²) in [6.45, 7) is 3.79. The Kier molecular flexibility index (Phi) is 5.73. The fraction of sp³-hybridized carbons (Fsp3) is 0.200. The summed E-state index contributed by atoms with van der Waals surface area (Å²) >= 11 is 0. The van der Waals surface area contributed by atoms with Gasteiger partial charge in [0.2, 0.25) is 0 Å². The smallest absolute Gasteiger partial charge is 0.289 e. The number of benzene rings is 2. The Morgan fingerprint density at radius 3 is 2.46 bits per heavy atom. The number of aliphatic hydroxyl groups excluding tert-OH is 1. The number of nitro benzene ring substituents is 1. The van der Waals surface area contributed by atoms with Crippen LogP contribution >= 0.6 is 0 Å². The van der Waals surface area contributed by atoms with Crippen molar-refractivity contribution in [2.75, 3.05) is 6.54 Å². The molecule has 1 N–H and O–H groups in total. The molecule has 1 heterocycles. The van der Waals surface area contributed by atoms with Gasteiger partial charge >= 0.3 is 0 Å². The van der Waals surface area contributed by atoms with Crippen LogP contribution in [0, 0.1) is 10.1 Å². The molecule has 2 aromatic carbocycles. The highest BCUT2D eigenvalue weighted by molar-refractivity contribution is 7.89. The maximum absolute atomic E-state index is 13.4. The van der Waals surface area contributed by atoms with Crippen LogP contribution in [0.5, 0.6) is 0 Å². The molecule has 0 radical (unpaired) electrons. The molecule has 1 aliphatic heterocycles. The first-order chi connectivity index (χ1) is 13.3. The molecule has 7 nitrogen and oxygen atoms in total. The highest BCUT2D eigenvalue weighted by Crippen LogP contribution is 2.31. The van der Waals surface area contributed by atoms with Crippen LogP contribution in [0.4, 0.5) is 5.69 Å². The molecule has 0 saturated carbocycles. The van der Waals surface area contributed by atoms with Crippen LogP contribution in [0.15, 0.2) is 83.8 Å². The van der Waals surface area contributed by atoms with E-state index < -0.39 is 37.7 Å². The molecule has 0 unspecified atom stereocenters. The van der Waals surface area contributed by atoms with Gasteiger partial charge in [0.1, 0.15) is 0 Å². The lowest BCUT2D eigenvalue weighted by Gasteiger charge is -2.32. The van der Waals surface area contributed by atoms with Gasteiger partial charge in [0, 0.05) is 12.6 Å². The highest BCUT2D eigenvalue weighted by Gasteiger charge is 2.39. The zero-order chi connectivity index (χ0) is 20.3. The van der Waals surface area contributed by atoms with Crippen molar-refractivity contribution in [3.63, 3.8) is 0 Å². The van der Waals surface area contributed by atoms with E-state index in [-0.39, 0.29) is 13.0 Å². The molecular weight excluding hydrogens is 380 g/mol. The third-order valence-electron chi connectivity index (χ3n) is 4.67. The largest absolute Gasteiger partial charge is 0.387 e. The number of hydrogen-bond donors (Lipinski definition) is 1. The molecule has 0 aromatic heterocycles. The normalized spacial score (nSPS) is 20.7. The van der Waals surface area contributed by atoms with Gasteiger partial charge in [-0.1, -0.05) is 61.2 Å². The number of nitrogens with zero attached hydrogens (tertiary/aromatic N) is 2. The van der Waals surface area contributed by atoms with Gasteiger partial charge < -0.3 is 5.11 Å². The lowest BCUT2D eigenvalue weighted by Crippen LogP contribution is -2.47. The second-order valence-electron chi connectivity index (χ2n) is 6.48. The van der Waals surface area contributed by atoms with Crippen molar-refractivity contribution in [2.24, 2.45) is 0 Å². The van der Waals surface area contributed by atoms with E-state index in [1.54, 1.807) is 12.2 Å². The fourth-order valence-electron chi connectivity index (χ4n) is 3.24. The van der Waals surface area contributed by atoms with E-state index >= 15 is 0 Å². The van der Waals surface area contributed by atoms with Gasteiger partial charge in [-0.25, -0.2) is 8.42 Å². The third-order valence-corrected chi connectivity index (χ3v) is 6.61. The fourth-order valence-corrected chi connectivity index (χ4v) is 4.98. The Balaban J connectivity index is 2.09. The predicted molar refractivity (Wildman–Crippen MR) is 105 cm³/mol. The van der Waals surface area contributed by atoms with E-state index in [9.17, 15) is 23.6 Å². The lowest BCUT2D eigenvalue weighted by molar-refractivity contribution is -0.387. The highest BCUT2D eigenvalue weighted by atomic mass is 32.2. The summed E-state index contributed by atoms with van der Waals surface area (Å²) in [5.74, 6) is 0. The summed E-state index contributed by atoms with van der Waals surface area (Å²) in [6, 6.07) is 13.5. The molecule has 0 aliphatic carbocycles. The summed E-state index contributed by atoms with van der Waals surface area (Å²) in [7, 11) is -4.25. The van der Waals surface area contributed by atoms with E-state index in [1.807, 2.05) is 30.3 Å². The molecule has 2 aromatic rings. The molecule has 28 heavy (non-hydrogen) atoms. The Hall–Kier alpha value is -2.81. The molecule has 2 atom stereocenters. The number of aliphatic hydroxyl groups is 1. The average Bonchev–Trinajstić information content (AvgIpc) is 2.82. The van der Waals surface area contributed by atoms with Crippen molar-refractivity contribution >= 4 is 15.7 Å². The Morgan fingerprint density at radius 1 is 1.14 bits per heavy atom. The molecule has 146 valence electrons. The zero-order valence-electron chi connectivity index (χ0n) is 15.0. The van der Waals surface area contributed by atoms with Gasteiger partial charge in [0.25, 0.3) is 15.7 Å². The van der Waals surface area contributed by atoms with E-state index in [1.165, 1.54) is 18.2 Å². The molecule has 0 bridgehead atoms. The average molecular weight is 400 g/mol. The number of rotatable bonds is 5.